The minimum atomic E-state index is -0.521. The molecule has 2 heterocycles. The standard InChI is InChI=1S/C20H18ClN3O4/c21-14-5-6-17-13(11-14)12-23(9-10-28-17)19(26)15-3-1-2-4-16(15)24-8-7-18(25)22-20(24)27/h1-6,11H,7-10,12H2,(H,22,25,27). The Hall–Kier alpha value is -3.06. The molecule has 1 saturated heterocycles. The van der Waals surface area contributed by atoms with Gasteiger partial charge in [-0.25, -0.2) is 4.79 Å². The number of urea groups is 1. The van der Waals surface area contributed by atoms with E-state index >= 15 is 0 Å². The molecular weight excluding hydrogens is 382 g/mol. The van der Waals surface area contributed by atoms with E-state index in [1.807, 2.05) is 0 Å². The summed E-state index contributed by atoms with van der Waals surface area (Å²) in [6.45, 7) is 1.36. The molecule has 0 unspecified atom stereocenters. The first-order chi connectivity index (χ1) is 13.5. The molecule has 0 bridgehead atoms. The highest BCUT2D eigenvalue weighted by Gasteiger charge is 2.29. The summed E-state index contributed by atoms with van der Waals surface area (Å²) in [5.74, 6) is 0.182. The average Bonchev–Trinajstić information content (AvgIpc) is 2.89. The number of fused-ring (bicyclic) bond motifs is 1. The minimum Gasteiger partial charge on any atom is -0.491 e. The third kappa shape index (κ3) is 3.53. The Morgan fingerprint density at radius 3 is 2.75 bits per heavy atom. The van der Waals surface area contributed by atoms with Gasteiger partial charge in [-0.1, -0.05) is 23.7 Å². The van der Waals surface area contributed by atoms with Crippen LogP contribution in [0.25, 0.3) is 0 Å². The molecule has 0 aromatic heterocycles. The van der Waals surface area contributed by atoms with Gasteiger partial charge < -0.3 is 9.64 Å². The van der Waals surface area contributed by atoms with E-state index in [-0.39, 0.29) is 24.8 Å². The summed E-state index contributed by atoms with van der Waals surface area (Å²) < 4.78 is 5.73. The monoisotopic (exact) mass is 399 g/mol. The number of anilines is 1. The molecule has 8 heteroatoms. The van der Waals surface area contributed by atoms with Gasteiger partial charge in [-0.2, -0.15) is 0 Å². The molecule has 2 aromatic rings. The molecule has 4 amide bonds. The summed E-state index contributed by atoms with van der Waals surface area (Å²) in [5.41, 5.74) is 1.71. The zero-order valence-electron chi connectivity index (χ0n) is 15.0. The maximum Gasteiger partial charge on any atom is 0.328 e. The Bertz CT molecular complexity index is 962. The third-order valence-corrected chi connectivity index (χ3v) is 5.00. The number of halogens is 1. The second-order valence-corrected chi connectivity index (χ2v) is 7.04. The van der Waals surface area contributed by atoms with Crippen LogP contribution in [-0.2, 0) is 11.3 Å². The van der Waals surface area contributed by atoms with E-state index in [1.54, 1.807) is 47.4 Å². The molecule has 0 radical (unpaired) electrons. The molecule has 1 fully saturated rings. The van der Waals surface area contributed by atoms with Crippen molar-refractivity contribution in [2.45, 2.75) is 13.0 Å². The van der Waals surface area contributed by atoms with Crippen LogP contribution in [0.1, 0.15) is 22.3 Å². The van der Waals surface area contributed by atoms with Crippen molar-refractivity contribution in [2.75, 3.05) is 24.6 Å². The van der Waals surface area contributed by atoms with Crippen LogP contribution in [0.4, 0.5) is 10.5 Å². The molecule has 7 nitrogen and oxygen atoms in total. The number of para-hydroxylation sites is 1. The van der Waals surface area contributed by atoms with Crippen LogP contribution in [0.2, 0.25) is 5.02 Å². The highest BCUT2D eigenvalue weighted by atomic mass is 35.5. The molecule has 2 aliphatic rings. The third-order valence-electron chi connectivity index (χ3n) is 4.77. The second-order valence-electron chi connectivity index (χ2n) is 6.60. The lowest BCUT2D eigenvalue weighted by Crippen LogP contribution is -2.50. The SMILES string of the molecule is O=C1CCN(c2ccccc2C(=O)N2CCOc3ccc(Cl)cc3C2)C(=O)N1. The first-order valence-corrected chi connectivity index (χ1v) is 9.31. The van der Waals surface area contributed by atoms with E-state index < -0.39 is 6.03 Å². The Morgan fingerprint density at radius 1 is 1.11 bits per heavy atom. The van der Waals surface area contributed by atoms with Gasteiger partial charge in [-0.15, -0.1) is 0 Å². The number of rotatable bonds is 2. The van der Waals surface area contributed by atoms with Crippen LogP contribution in [0, 0.1) is 0 Å². The summed E-state index contributed by atoms with van der Waals surface area (Å²) in [6.07, 6.45) is 0.192. The number of nitrogens with zero attached hydrogens (tertiary/aromatic N) is 2. The van der Waals surface area contributed by atoms with Gasteiger partial charge in [0.1, 0.15) is 12.4 Å². The predicted molar refractivity (Wildman–Crippen MR) is 104 cm³/mol. The summed E-state index contributed by atoms with van der Waals surface area (Å²) in [5, 5.41) is 2.87. The quantitative estimate of drug-likeness (QED) is 0.842. The average molecular weight is 400 g/mol. The van der Waals surface area contributed by atoms with Crippen molar-refractivity contribution in [3.63, 3.8) is 0 Å². The van der Waals surface area contributed by atoms with Gasteiger partial charge >= 0.3 is 6.03 Å². The van der Waals surface area contributed by atoms with Gasteiger partial charge in [0.05, 0.1) is 17.8 Å². The second kappa shape index (κ2) is 7.52. The summed E-state index contributed by atoms with van der Waals surface area (Å²) >= 11 is 6.09. The Balaban J connectivity index is 1.64. The van der Waals surface area contributed by atoms with E-state index in [2.05, 4.69) is 5.32 Å². The zero-order valence-corrected chi connectivity index (χ0v) is 15.7. The Morgan fingerprint density at radius 2 is 1.93 bits per heavy atom. The van der Waals surface area contributed by atoms with Crippen molar-refractivity contribution in [3.8, 4) is 5.75 Å². The van der Waals surface area contributed by atoms with Crippen LogP contribution in [-0.4, -0.2) is 42.4 Å². The predicted octanol–water partition coefficient (Wildman–Crippen LogP) is 2.82. The normalized spacial score (nSPS) is 16.8. The number of carbonyl (C=O) groups is 3. The minimum absolute atomic E-state index is 0.192. The highest BCUT2D eigenvalue weighted by Crippen LogP contribution is 2.29. The lowest BCUT2D eigenvalue weighted by Gasteiger charge is -2.29. The first kappa shape index (κ1) is 18.3. The Kier molecular flexibility index (Phi) is 4.92. The summed E-state index contributed by atoms with van der Waals surface area (Å²) in [7, 11) is 0. The number of hydrogen-bond acceptors (Lipinski definition) is 4. The van der Waals surface area contributed by atoms with Gasteiger partial charge in [0.15, 0.2) is 0 Å². The Labute approximate surface area is 166 Å². The van der Waals surface area contributed by atoms with Crippen molar-refractivity contribution in [3.05, 3.63) is 58.6 Å². The number of nitrogens with one attached hydrogen (secondary N) is 1. The number of amides is 4. The van der Waals surface area contributed by atoms with Gasteiger partial charge in [-0.3, -0.25) is 19.8 Å². The lowest BCUT2D eigenvalue weighted by atomic mass is 10.1. The van der Waals surface area contributed by atoms with Crippen molar-refractivity contribution in [1.29, 1.82) is 0 Å². The van der Waals surface area contributed by atoms with Gasteiger partial charge in [0, 0.05) is 30.1 Å². The molecule has 0 saturated carbocycles. The van der Waals surface area contributed by atoms with E-state index in [0.29, 0.717) is 41.7 Å². The van der Waals surface area contributed by atoms with Crippen LogP contribution in [0.15, 0.2) is 42.5 Å². The van der Waals surface area contributed by atoms with E-state index in [9.17, 15) is 14.4 Å². The van der Waals surface area contributed by atoms with Crippen LogP contribution >= 0.6 is 11.6 Å². The number of carbonyl (C=O) groups excluding carboxylic acids is 3. The fraction of sp³-hybridized carbons (Fsp3) is 0.250. The topological polar surface area (TPSA) is 79.0 Å². The van der Waals surface area contributed by atoms with Gasteiger partial charge in [-0.05, 0) is 30.3 Å². The number of ether oxygens (including phenoxy) is 1. The molecule has 0 spiro atoms. The number of imide groups is 1. The van der Waals surface area contributed by atoms with Crippen LogP contribution in [0.5, 0.6) is 5.75 Å². The number of benzene rings is 2. The molecule has 4 rings (SSSR count). The van der Waals surface area contributed by atoms with E-state index in [4.69, 9.17) is 16.3 Å². The molecular formula is C20H18ClN3O4. The van der Waals surface area contributed by atoms with E-state index in [1.165, 1.54) is 4.90 Å². The van der Waals surface area contributed by atoms with Crippen molar-refractivity contribution < 1.29 is 19.1 Å². The molecule has 1 N–H and O–H groups in total. The molecule has 0 atom stereocenters. The highest BCUT2D eigenvalue weighted by molar-refractivity contribution is 6.30. The fourth-order valence-corrected chi connectivity index (χ4v) is 3.59. The van der Waals surface area contributed by atoms with E-state index in [0.717, 1.165) is 5.56 Å². The molecule has 2 aliphatic heterocycles. The fourth-order valence-electron chi connectivity index (χ4n) is 3.39. The van der Waals surface area contributed by atoms with Gasteiger partial charge in [0.2, 0.25) is 5.91 Å². The molecule has 144 valence electrons. The maximum absolute atomic E-state index is 13.3. The lowest BCUT2D eigenvalue weighted by molar-refractivity contribution is -0.120. The first-order valence-electron chi connectivity index (χ1n) is 8.94. The summed E-state index contributed by atoms with van der Waals surface area (Å²) in [6, 6.07) is 11.7. The van der Waals surface area contributed by atoms with Crippen molar-refractivity contribution in [1.82, 2.24) is 10.2 Å². The molecule has 28 heavy (non-hydrogen) atoms. The van der Waals surface area contributed by atoms with Crippen molar-refractivity contribution >= 4 is 35.1 Å². The smallest absolute Gasteiger partial charge is 0.328 e. The molecule has 2 aromatic carbocycles. The molecule has 0 aliphatic carbocycles. The number of hydrogen-bond donors (Lipinski definition) is 1. The van der Waals surface area contributed by atoms with Crippen LogP contribution in [0.3, 0.4) is 0 Å². The van der Waals surface area contributed by atoms with Gasteiger partial charge in [0.25, 0.3) is 5.91 Å². The largest absolute Gasteiger partial charge is 0.491 e. The van der Waals surface area contributed by atoms with Crippen LogP contribution < -0.4 is 15.0 Å². The van der Waals surface area contributed by atoms with Crippen molar-refractivity contribution in [2.24, 2.45) is 0 Å². The summed E-state index contributed by atoms with van der Waals surface area (Å²) in [4.78, 5) is 40.1. The zero-order chi connectivity index (χ0) is 19.7. The maximum atomic E-state index is 13.3.